The molecule has 4 atom stereocenters. The van der Waals surface area contributed by atoms with Crippen molar-refractivity contribution in [1.29, 1.82) is 0 Å². The molecular formula is C27H23BrFN3O4. The van der Waals surface area contributed by atoms with Gasteiger partial charge in [-0.2, -0.15) is 0 Å². The average molecular weight is 552 g/mol. The van der Waals surface area contributed by atoms with Crippen LogP contribution in [0.5, 0.6) is 5.75 Å². The number of anilines is 1. The van der Waals surface area contributed by atoms with Gasteiger partial charge in [-0.1, -0.05) is 36.4 Å². The number of halogens is 2. The van der Waals surface area contributed by atoms with E-state index in [0.717, 1.165) is 18.4 Å². The first kappa shape index (κ1) is 23.1. The lowest BCUT2D eigenvalue weighted by Gasteiger charge is -2.32. The minimum Gasteiger partial charge on any atom is -0.488 e. The molecule has 3 aromatic rings. The van der Waals surface area contributed by atoms with Crippen LogP contribution in [0.1, 0.15) is 35.4 Å². The Morgan fingerprint density at radius 3 is 2.78 bits per heavy atom. The average Bonchev–Trinajstić information content (AvgIpc) is 3.51. The molecule has 1 spiro atoms. The first-order valence-corrected chi connectivity index (χ1v) is 12.7. The quantitative estimate of drug-likeness (QED) is 0.347. The predicted octanol–water partition coefficient (Wildman–Crippen LogP) is 5.22. The largest absolute Gasteiger partial charge is 0.488 e. The molecule has 184 valence electrons. The normalized spacial score (nSPS) is 26.6. The molecule has 6 rings (SSSR count). The second-order valence-electron chi connectivity index (χ2n) is 9.53. The van der Waals surface area contributed by atoms with Crippen LogP contribution < -0.4 is 10.1 Å². The van der Waals surface area contributed by atoms with Crippen LogP contribution in [0.2, 0.25) is 0 Å². The Kier molecular flexibility index (Phi) is 5.57. The van der Waals surface area contributed by atoms with Gasteiger partial charge in [0.2, 0.25) is 0 Å². The molecule has 2 fully saturated rings. The smallest absolute Gasteiger partial charge is 0.256 e. The topological polar surface area (TPSA) is 84.7 Å². The zero-order valence-electron chi connectivity index (χ0n) is 19.2. The van der Waals surface area contributed by atoms with Gasteiger partial charge in [0.15, 0.2) is 5.54 Å². The van der Waals surface area contributed by atoms with Gasteiger partial charge in [0.25, 0.3) is 11.9 Å². The summed E-state index contributed by atoms with van der Waals surface area (Å²) in [5.41, 5.74) is 1.46. The number of fused-ring (bicyclic) bond motifs is 4. The molecule has 3 aromatic carbocycles. The van der Waals surface area contributed by atoms with Crippen molar-refractivity contribution in [2.45, 2.75) is 43.0 Å². The second-order valence-corrected chi connectivity index (χ2v) is 10.4. The summed E-state index contributed by atoms with van der Waals surface area (Å²) >= 11 is 3.56. The van der Waals surface area contributed by atoms with Crippen LogP contribution in [0.4, 0.5) is 10.1 Å². The SMILES string of the molecule is O=C1Nc2ccccc2[C@]12[C@H]([N+](=O)[O-])[C@H](c1ccc(OCc3cccc(F)c3)c(Br)c1)[C@H]1CCCN12. The van der Waals surface area contributed by atoms with Gasteiger partial charge < -0.3 is 10.1 Å². The van der Waals surface area contributed by atoms with Crippen LogP contribution in [-0.2, 0) is 16.9 Å². The van der Waals surface area contributed by atoms with Gasteiger partial charge in [-0.05, 0) is 70.2 Å². The molecule has 1 N–H and O–H groups in total. The third kappa shape index (κ3) is 3.37. The molecule has 2 saturated heterocycles. The minimum absolute atomic E-state index is 0.136. The van der Waals surface area contributed by atoms with E-state index >= 15 is 0 Å². The molecule has 36 heavy (non-hydrogen) atoms. The number of nitro groups is 1. The van der Waals surface area contributed by atoms with Crippen molar-refractivity contribution in [2.75, 3.05) is 11.9 Å². The van der Waals surface area contributed by atoms with Crippen LogP contribution in [0.3, 0.4) is 0 Å². The van der Waals surface area contributed by atoms with Gasteiger partial charge in [0, 0.05) is 28.8 Å². The molecule has 3 heterocycles. The molecule has 7 nitrogen and oxygen atoms in total. The van der Waals surface area contributed by atoms with E-state index in [1.54, 1.807) is 24.3 Å². The van der Waals surface area contributed by atoms with Crippen molar-refractivity contribution in [3.8, 4) is 5.75 Å². The zero-order chi connectivity index (χ0) is 25.0. The Hall–Kier alpha value is -3.30. The molecule has 0 unspecified atom stereocenters. The number of hydrogen-bond acceptors (Lipinski definition) is 5. The van der Waals surface area contributed by atoms with E-state index in [1.165, 1.54) is 12.1 Å². The van der Waals surface area contributed by atoms with Gasteiger partial charge in [-0.15, -0.1) is 0 Å². The van der Waals surface area contributed by atoms with Crippen molar-refractivity contribution in [1.82, 2.24) is 4.90 Å². The number of amides is 1. The standard InChI is InChI=1S/C27H23BrFN3O4/c28-20-14-17(10-11-23(20)36-15-16-5-3-6-18(29)13-16)24-22-9-4-12-31(22)27(25(24)32(34)35)19-7-1-2-8-21(19)30-26(27)33/h1-3,5-8,10-11,13-14,22,24-25H,4,9,12,15H2,(H,30,33)/t22-,24-,25-,27+/m1/s1. The number of nitrogens with one attached hydrogen (secondary N) is 1. The summed E-state index contributed by atoms with van der Waals surface area (Å²) < 4.78 is 20.0. The molecule has 0 saturated carbocycles. The summed E-state index contributed by atoms with van der Waals surface area (Å²) in [6, 6.07) is 17.7. The number of carbonyl (C=O) groups is 1. The first-order valence-electron chi connectivity index (χ1n) is 11.9. The highest BCUT2D eigenvalue weighted by Gasteiger charge is 2.73. The molecule has 3 aliphatic rings. The Bertz CT molecular complexity index is 1380. The predicted molar refractivity (Wildman–Crippen MR) is 135 cm³/mol. The number of nitrogens with zero attached hydrogens (tertiary/aromatic N) is 2. The first-order chi connectivity index (χ1) is 17.4. The molecule has 0 aliphatic carbocycles. The molecule has 9 heteroatoms. The van der Waals surface area contributed by atoms with Crippen LogP contribution >= 0.6 is 15.9 Å². The summed E-state index contributed by atoms with van der Waals surface area (Å²) in [4.78, 5) is 28.0. The van der Waals surface area contributed by atoms with Gasteiger partial charge in [0.05, 0.1) is 10.4 Å². The maximum atomic E-state index is 13.5. The number of benzene rings is 3. The maximum Gasteiger partial charge on any atom is 0.256 e. The third-order valence-electron chi connectivity index (χ3n) is 7.72. The van der Waals surface area contributed by atoms with E-state index in [9.17, 15) is 19.3 Å². The monoisotopic (exact) mass is 551 g/mol. The summed E-state index contributed by atoms with van der Waals surface area (Å²) in [5, 5.41) is 15.6. The van der Waals surface area contributed by atoms with E-state index < -0.39 is 17.5 Å². The highest BCUT2D eigenvalue weighted by atomic mass is 79.9. The van der Waals surface area contributed by atoms with Gasteiger partial charge in [-0.25, -0.2) is 4.39 Å². The minimum atomic E-state index is -1.34. The lowest BCUT2D eigenvalue weighted by Crippen LogP contribution is -2.55. The van der Waals surface area contributed by atoms with E-state index in [-0.39, 0.29) is 29.3 Å². The van der Waals surface area contributed by atoms with Gasteiger partial charge in [0.1, 0.15) is 18.2 Å². The van der Waals surface area contributed by atoms with E-state index in [0.29, 0.717) is 33.6 Å². The Balaban J connectivity index is 1.38. The molecular weight excluding hydrogens is 529 g/mol. The second kappa shape index (κ2) is 8.67. The van der Waals surface area contributed by atoms with E-state index in [2.05, 4.69) is 26.1 Å². The fourth-order valence-corrected chi connectivity index (χ4v) is 6.92. The van der Waals surface area contributed by atoms with Crippen molar-refractivity contribution >= 4 is 27.5 Å². The number of para-hydroxylation sites is 1. The van der Waals surface area contributed by atoms with E-state index in [4.69, 9.17) is 4.74 Å². The lowest BCUT2D eigenvalue weighted by molar-refractivity contribution is -0.534. The van der Waals surface area contributed by atoms with Crippen LogP contribution in [0.15, 0.2) is 71.2 Å². The fourth-order valence-electron chi connectivity index (χ4n) is 6.40. The summed E-state index contributed by atoms with van der Waals surface area (Å²) in [5.74, 6) is -0.576. The summed E-state index contributed by atoms with van der Waals surface area (Å²) in [6.45, 7) is 0.816. The van der Waals surface area contributed by atoms with Gasteiger partial charge >= 0.3 is 0 Å². The Labute approximate surface area is 215 Å². The molecule has 0 bridgehead atoms. The van der Waals surface area contributed by atoms with Crippen LogP contribution in [-0.4, -0.2) is 34.4 Å². The Morgan fingerprint density at radius 2 is 2.00 bits per heavy atom. The molecule has 0 aromatic heterocycles. The van der Waals surface area contributed by atoms with Crippen molar-refractivity contribution in [3.05, 3.63) is 104 Å². The fraction of sp³-hybridized carbons (Fsp3) is 0.296. The molecule has 1 amide bonds. The van der Waals surface area contributed by atoms with Crippen molar-refractivity contribution in [2.24, 2.45) is 0 Å². The highest BCUT2D eigenvalue weighted by molar-refractivity contribution is 9.10. The maximum absolute atomic E-state index is 13.5. The van der Waals surface area contributed by atoms with Crippen molar-refractivity contribution in [3.63, 3.8) is 0 Å². The number of carbonyl (C=O) groups excluding carboxylic acids is 1. The molecule has 0 radical (unpaired) electrons. The highest BCUT2D eigenvalue weighted by Crippen LogP contribution is 2.58. The van der Waals surface area contributed by atoms with Crippen molar-refractivity contribution < 1.29 is 18.8 Å². The lowest BCUT2D eigenvalue weighted by atomic mass is 9.77. The zero-order valence-corrected chi connectivity index (χ0v) is 20.8. The number of rotatable bonds is 5. The number of hydrogen-bond donors (Lipinski definition) is 1. The number of ether oxygens (including phenoxy) is 1. The van der Waals surface area contributed by atoms with Gasteiger partial charge in [-0.3, -0.25) is 19.8 Å². The third-order valence-corrected chi connectivity index (χ3v) is 8.34. The molecule has 3 aliphatic heterocycles. The van der Waals surface area contributed by atoms with Crippen LogP contribution in [0, 0.1) is 15.9 Å². The Morgan fingerprint density at radius 1 is 1.17 bits per heavy atom. The summed E-state index contributed by atoms with van der Waals surface area (Å²) in [6.07, 6.45) is 1.65. The summed E-state index contributed by atoms with van der Waals surface area (Å²) in [7, 11) is 0. The van der Waals surface area contributed by atoms with E-state index in [1.807, 2.05) is 30.3 Å². The van der Waals surface area contributed by atoms with Crippen LogP contribution in [0.25, 0.3) is 0 Å².